The van der Waals surface area contributed by atoms with E-state index in [1.807, 2.05) is 48.5 Å². The van der Waals surface area contributed by atoms with Crippen LogP contribution in [0.25, 0.3) is 21.5 Å². The first kappa shape index (κ1) is 42.2. The molecule has 8 rings (SSSR count). The molecule has 5 aromatic rings. The Balaban J connectivity index is 1.10. The summed E-state index contributed by atoms with van der Waals surface area (Å²) >= 11 is 14.1. The van der Waals surface area contributed by atoms with E-state index in [0.717, 1.165) is 38.6 Å². The van der Waals surface area contributed by atoms with Crippen molar-refractivity contribution < 1.29 is 49.0 Å². The highest BCUT2D eigenvalue weighted by molar-refractivity contribution is 7.16. The Kier molecular flexibility index (Phi) is 12.3. The van der Waals surface area contributed by atoms with Gasteiger partial charge in [0.1, 0.15) is 35.9 Å². The fourth-order valence-corrected chi connectivity index (χ4v) is 9.72. The first-order valence-corrected chi connectivity index (χ1v) is 21.4. The zero-order valence-electron chi connectivity index (χ0n) is 32.7. The second-order valence-electron chi connectivity index (χ2n) is 15.1. The summed E-state index contributed by atoms with van der Waals surface area (Å²) in [5, 5.41) is 47.2. The van der Waals surface area contributed by atoms with Gasteiger partial charge in [-0.05, 0) is 41.1 Å². The summed E-state index contributed by atoms with van der Waals surface area (Å²) < 4.78 is 17.8. The van der Waals surface area contributed by atoms with Gasteiger partial charge >= 0.3 is 6.09 Å². The maximum atomic E-state index is 14.5. The van der Waals surface area contributed by atoms with Crippen LogP contribution in [0.4, 0.5) is 16.2 Å². The summed E-state index contributed by atoms with van der Waals surface area (Å²) in [6.45, 7) is 0.906. The number of alkyl halides is 2. The minimum atomic E-state index is -1.65. The molecule has 0 aliphatic carbocycles. The normalized spacial score (nSPS) is 23.5. The van der Waals surface area contributed by atoms with Crippen LogP contribution in [-0.4, -0.2) is 133 Å². The van der Waals surface area contributed by atoms with Crippen LogP contribution < -0.4 is 24.6 Å². The standard InChI is InChI=1S/C43H44Cl2N4O10S/c1-46-13-14-47(2)43(56)59-31-16-29-36(27-10-6-4-8-25(27)31)23(18-45)20-49(29)41(55)34-12-11-33(60-34)40(54)48-19-22(17-44)35-26-9-5-3-7-24(26)30(15-28(35)48)57-42-39(53)38(52)37(51)32(21-50)58-42/h3-12,15-16,22-23,32,37-39,42,46,50-53H,13-14,17-21H2,1-2H3/t22-,23-,32-,37+,38+,39-,42-/m1/s1. The molecule has 0 unspecified atom stereocenters. The predicted molar refractivity (Wildman–Crippen MR) is 229 cm³/mol. The number of amides is 3. The van der Waals surface area contributed by atoms with E-state index in [0.29, 0.717) is 45.4 Å². The van der Waals surface area contributed by atoms with Gasteiger partial charge in [0.2, 0.25) is 6.29 Å². The van der Waals surface area contributed by atoms with Gasteiger partial charge in [0.25, 0.3) is 11.8 Å². The highest BCUT2D eigenvalue weighted by Crippen LogP contribution is 2.48. The number of fused-ring (bicyclic) bond motifs is 6. The van der Waals surface area contributed by atoms with E-state index in [9.17, 15) is 34.8 Å². The molecule has 3 aliphatic rings. The van der Waals surface area contributed by atoms with E-state index in [2.05, 4.69) is 5.32 Å². The number of nitrogens with zero attached hydrogens (tertiary/aromatic N) is 3. The number of rotatable bonds is 11. The molecule has 3 aliphatic heterocycles. The zero-order valence-corrected chi connectivity index (χ0v) is 35.0. The molecule has 316 valence electrons. The summed E-state index contributed by atoms with van der Waals surface area (Å²) in [5.41, 5.74) is 2.78. The van der Waals surface area contributed by atoms with E-state index in [4.69, 9.17) is 37.4 Å². The number of thiophene rings is 1. The third-order valence-electron chi connectivity index (χ3n) is 11.4. The van der Waals surface area contributed by atoms with Crippen molar-refractivity contribution in [2.75, 3.05) is 68.4 Å². The third kappa shape index (κ3) is 7.45. The molecule has 5 N–H and O–H groups in total. The molecule has 1 saturated heterocycles. The van der Waals surface area contributed by atoms with Crippen molar-refractivity contribution in [3.05, 3.63) is 93.7 Å². The molecule has 17 heteroatoms. The minimum Gasteiger partial charge on any atom is -0.461 e. The lowest BCUT2D eigenvalue weighted by Crippen LogP contribution is -2.60. The fourth-order valence-electron chi connectivity index (χ4n) is 8.31. The monoisotopic (exact) mass is 878 g/mol. The number of benzene rings is 4. The fraction of sp³-hybridized carbons (Fsp3) is 0.372. The second-order valence-corrected chi connectivity index (χ2v) is 16.8. The van der Waals surface area contributed by atoms with Crippen LogP contribution in [0.15, 0.2) is 72.8 Å². The number of carbonyl (C=O) groups is 3. The lowest BCUT2D eigenvalue weighted by molar-refractivity contribution is -0.277. The third-order valence-corrected chi connectivity index (χ3v) is 13.3. The molecular weight excluding hydrogens is 835 g/mol. The zero-order chi connectivity index (χ0) is 42.4. The number of anilines is 2. The van der Waals surface area contributed by atoms with E-state index in [-0.39, 0.29) is 54.2 Å². The number of halogens is 2. The number of hydrogen-bond donors (Lipinski definition) is 5. The van der Waals surface area contributed by atoms with Gasteiger partial charge in [-0.25, -0.2) is 4.79 Å². The van der Waals surface area contributed by atoms with Gasteiger partial charge < -0.3 is 54.7 Å². The first-order chi connectivity index (χ1) is 29.0. The van der Waals surface area contributed by atoms with Gasteiger partial charge in [0.15, 0.2) is 0 Å². The molecular formula is C43H44Cl2N4O10S. The summed E-state index contributed by atoms with van der Waals surface area (Å²) in [4.78, 5) is 47.4. The highest BCUT2D eigenvalue weighted by Gasteiger charge is 2.45. The largest absolute Gasteiger partial charge is 0.461 e. The van der Waals surface area contributed by atoms with Crippen LogP contribution >= 0.6 is 34.5 Å². The number of likely N-dealkylation sites (N-methyl/N-ethyl adjacent to an activating group) is 2. The van der Waals surface area contributed by atoms with Gasteiger partial charge in [0, 0.05) is 79.7 Å². The Hall–Kier alpha value is -4.55. The van der Waals surface area contributed by atoms with E-state index >= 15 is 0 Å². The molecule has 0 radical (unpaired) electrons. The number of carbonyl (C=O) groups excluding carboxylic acids is 3. The molecule has 1 aromatic heterocycles. The summed E-state index contributed by atoms with van der Waals surface area (Å²) in [6.07, 6.45) is -8.04. The van der Waals surface area contributed by atoms with Crippen LogP contribution in [0.3, 0.4) is 0 Å². The van der Waals surface area contributed by atoms with Crippen molar-refractivity contribution in [1.82, 2.24) is 10.2 Å². The van der Waals surface area contributed by atoms with Gasteiger partial charge in [-0.3, -0.25) is 9.59 Å². The quantitative estimate of drug-likeness (QED) is 0.115. The molecule has 60 heavy (non-hydrogen) atoms. The van der Waals surface area contributed by atoms with Crippen molar-refractivity contribution in [3.8, 4) is 11.5 Å². The molecule has 0 bridgehead atoms. The Morgan fingerprint density at radius 3 is 1.83 bits per heavy atom. The average molecular weight is 880 g/mol. The lowest BCUT2D eigenvalue weighted by Gasteiger charge is -2.39. The predicted octanol–water partition coefficient (Wildman–Crippen LogP) is 4.85. The van der Waals surface area contributed by atoms with Crippen molar-refractivity contribution in [2.24, 2.45) is 0 Å². The SMILES string of the molecule is CNCCN(C)C(=O)Oc1cc2c(c3ccccc13)[C@H](CCl)CN2C(=O)c1ccc(C(=O)N2C[C@@H](CCl)c3c2cc(O[C@@H]2O[C@H](CO)[C@H](O)[C@H](O)[C@H]2O)c2ccccc32)s1. The second kappa shape index (κ2) is 17.4. The number of aliphatic hydroxyl groups excluding tert-OH is 4. The minimum absolute atomic E-state index is 0.205. The number of ether oxygens (including phenoxy) is 3. The first-order valence-electron chi connectivity index (χ1n) is 19.5. The number of aliphatic hydroxyl groups is 4. The highest BCUT2D eigenvalue weighted by atomic mass is 35.5. The summed E-state index contributed by atoms with van der Waals surface area (Å²) in [7, 11) is 3.45. The molecule has 3 amide bonds. The Labute approximate surface area is 359 Å². The van der Waals surface area contributed by atoms with Crippen LogP contribution in [0.2, 0.25) is 0 Å². The molecule has 4 heterocycles. The Morgan fingerprint density at radius 1 is 0.800 bits per heavy atom. The molecule has 4 aromatic carbocycles. The van der Waals surface area contributed by atoms with Crippen molar-refractivity contribution in [1.29, 1.82) is 0 Å². The van der Waals surface area contributed by atoms with E-state index in [1.165, 1.54) is 4.90 Å². The molecule has 14 nitrogen and oxygen atoms in total. The van der Waals surface area contributed by atoms with Crippen molar-refractivity contribution >= 4 is 85.4 Å². The van der Waals surface area contributed by atoms with Gasteiger partial charge in [0.05, 0.1) is 27.7 Å². The van der Waals surface area contributed by atoms with E-state index in [1.54, 1.807) is 48.2 Å². The molecule has 1 fully saturated rings. The molecule has 7 atom stereocenters. The molecule has 0 saturated carbocycles. The van der Waals surface area contributed by atoms with Crippen molar-refractivity contribution in [3.63, 3.8) is 0 Å². The maximum absolute atomic E-state index is 14.5. The van der Waals surface area contributed by atoms with Gasteiger partial charge in [-0.2, -0.15) is 0 Å². The Bertz CT molecular complexity index is 2450. The van der Waals surface area contributed by atoms with Crippen LogP contribution in [0.1, 0.15) is 42.3 Å². The van der Waals surface area contributed by atoms with E-state index < -0.39 is 43.4 Å². The number of hydrogen-bond acceptors (Lipinski definition) is 12. The average Bonchev–Trinajstić information content (AvgIpc) is 4.01. The smallest absolute Gasteiger partial charge is 0.415 e. The summed E-state index contributed by atoms with van der Waals surface area (Å²) in [6, 6.07) is 21.5. The number of nitrogens with one attached hydrogen (secondary N) is 1. The Morgan fingerprint density at radius 2 is 1.32 bits per heavy atom. The summed E-state index contributed by atoms with van der Waals surface area (Å²) in [5.74, 6) is -0.185. The van der Waals surface area contributed by atoms with Crippen molar-refractivity contribution in [2.45, 2.75) is 42.5 Å². The van der Waals surface area contributed by atoms with Crippen LogP contribution in [0, 0.1) is 0 Å². The topological polar surface area (TPSA) is 182 Å². The molecule has 0 spiro atoms. The van der Waals surface area contributed by atoms with Gasteiger partial charge in [-0.1, -0.05) is 48.5 Å². The van der Waals surface area contributed by atoms with Gasteiger partial charge in [-0.15, -0.1) is 34.5 Å². The maximum Gasteiger partial charge on any atom is 0.415 e. The van der Waals surface area contributed by atoms with Crippen LogP contribution in [-0.2, 0) is 4.74 Å². The lowest BCUT2D eigenvalue weighted by atomic mass is 9.95. The van der Waals surface area contributed by atoms with Crippen LogP contribution in [0.5, 0.6) is 11.5 Å².